The van der Waals surface area contributed by atoms with Gasteiger partial charge in [-0.1, -0.05) is 0 Å². The Kier molecular flexibility index (Phi) is 3.66. The van der Waals surface area contributed by atoms with Crippen LogP contribution >= 0.6 is 0 Å². The number of nitrogens with zero attached hydrogens (tertiary/aromatic N) is 2. The first-order chi connectivity index (χ1) is 8.36. The molecule has 0 aromatic heterocycles. The van der Waals surface area contributed by atoms with Crippen molar-refractivity contribution in [2.75, 3.05) is 53.0 Å². The SMILES string of the molecule is CNC1COCC1CN1CCN(C2CC2)CC1. The minimum absolute atomic E-state index is 0.566. The number of likely N-dealkylation sites (N-methyl/N-ethyl adjacent to an activating group) is 1. The molecule has 0 aromatic carbocycles. The van der Waals surface area contributed by atoms with Gasteiger partial charge in [0.15, 0.2) is 0 Å². The maximum absolute atomic E-state index is 5.57. The summed E-state index contributed by atoms with van der Waals surface area (Å²) in [7, 11) is 2.05. The van der Waals surface area contributed by atoms with Crippen molar-refractivity contribution in [2.24, 2.45) is 5.92 Å². The van der Waals surface area contributed by atoms with Crippen LogP contribution in [0.4, 0.5) is 0 Å². The highest BCUT2D eigenvalue weighted by molar-refractivity contribution is 4.89. The molecule has 0 spiro atoms. The molecule has 3 fully saturated rings. The molecule has 0 radical (unpaired) electrons. The van der Waals surface area contributed by atoms with Crippen molar-refractivity contribution >= 4 is 0 Å². The predicted octanol–water partition coefficient (Wildman–Crippen LogP) is 0.000800. The summed E-state index contributed by atoms with van der Waals surface area (Å²) in [6, 6.07) is 1.51. The van der Waals surface area contributed by atoms with E-state index in [1.165, 1.54) is 45.6 Å². The molecule has 2 heterocycles. The monoisotopic (exact) mass is 239 g/mol. The Labute approximate surface area is 104 Å². The van der Waals surface area contributed by atoms with E-state index in [9.17, 15) is 0 Å². The molecule has 2 atom stereocenters. The van der Waals surface area contributed by atoms with Gasteiger partial charge in [-0.15, -0.1) is 0 Å². The van der Waals surface area contributed by atoms with E-state index < -0.39 is 0 Å². The number of rotatable bonds is 4. The van der Waals surface area contributed by atoms with Crippen molar-refractivity contribution in [1.29, 1.82) is 0 Å². The quantitative estimate of drug-likeness (QED) is 0.747. The number of piperazine rings is 1. The summed E-state index contributed by atoms with van der Waals surface area (Å²) in [6.45, 7) is 8.11. The predicted molar refractivity (Wildman–Crippen MR) is 68.2 cm³/mol. The third kappa shape index (κ3) is 2.81. The lowest BCUT2D eigenvalue weighted by Crippen LogP contribution is -2.50. The van der Waals surface area contributed by atoms with Crippen LogP contribution < -0.4 is 5.32 Å². The first-order valence-corrected chi connectivity index (χ1v) is 7.08. The van der Waals surface area contributed by atoms with Gasteiger partial charge in [-0.05, 0) is 19.9 Å². The van der Waals surface area contributed by atoms with Gasteiger partial charge in [0.2, 0.25) is 0 Å². The van der Waals surface area contributed by atoms with Gasteiger partial charge in [0, 0.05) is 50.7 Å². The molecule has 98 valence electrons. The van der Waals surface area contributed by atoms with E-state index in [4.69, 9.17) is 4.74 Å². The summed E-state index contributed by atoms with van der Waals surface area (Å²) in [5, 5.41) is 3.38. The fourth-order valence-corrected chi connectivity index (χ4v) is 3.18. The summed E-state index contributed by atoms with van der Waals surface area (Å²) in [6.07, 6.45) is 2.89. The highest BCUT2D eigenvalue weighted by Gasteiger charge is 2.33. The molecule has 3 rings (SSSR count). The summed E-state index contributed by atoms with van der Waals surface area (Å²) in [5.74, 6) is 0.687. The second kappa shape index (κ2) is 5.22. The van der Waals surface area contributed by atoms with Crippen LogP contribution in [-0.2, 0) is 4.74 Å². The van der Waals surface area contributed by atoms with E-state index in [0.29, 0.717) is 12.0 Å². The highest BCUT2D eigenvalue weighted by atomic mass is 16.5. The average Bonchev–Trinajstić information content (AvgIpc) is 3.11. The van der Waals surface area contributed by atoms with Crippen molar-refractivity contribution in [2.45, 2.75) is 24.9 Å². The molecule has 4 nitrogen and oxygen atoms in total. The minimum atomic E-state index is 0.566. The molecule has 0 amide bonds. The molecule has 3 aliphatic rings. The number of nitrogens with one attached hydrogen (secondary N) is 1. The lowest BCUT2D eigenvalue weighted by molar-refractivity contribution is 0.105. The lowest BCUT2D eigenvalue weighted by Gasteiger charge is -2.36. The standard InChI is InChI=1S/C13H25N3O/c1-14-13-10-17-9-11(13)8-15-4-6-16(7-5-15)12-2-3-12/h11-14H,2-10H2,1H3. The van der Waals surface area contributed by atoms with Crippen molar-refractivity contribution in [1.82, 2.24) is 15.1 Å². The van der Waals surface area contributed by atoms with Gasteiger partial charge >= 0.3 is 0 Å². The third-order valence-corrected chi connectivity index (χ3v) is 4.53. The Morgan fingerprint density at radius 1 is 1.12 bits per heavy atom. The van der Waals surface area contributed by atoms with E-state index in [1.54, 1.807) is 0 Å². The van der Waals surface area contributed by atoms with Gasteiger partial charge < -0.3 is 15.0 Å². The molecule has 4 heteroatoms. The highest BCUT2D eigenvalue weighted by Crippen LogP contribution is 2.27. The second-order valence-corrected chi connectivity index (χ2v) is 5.76. The van der Waals surface area contributed by atoms with E-state index in [0.717, 1.165) is 19.3 Å². The number of ether oxygens (including phenoxy) is 1. The van der Waals surface area contributed by atoms with Crippen molar-refractivity contribution in [3.63, 3.8) is 0 Å². The summed E-state index contributed by atoms with van der Waals surface area (Å²) >= 11 is 0. The molecule has 1 N–H and O–H groups in total. The summed E-state index contributed by atoms with van der Waals surface area (Å²) < 4.78 is 5.57. The number of hydrogen-bond acceptors (Lipinski definition) is 4. The Morgan fingerprint density at radius 3 is 2.53 bits per heavy atom. The van der Waals surface area contributed by atoms with Crippen molar-refractivity contribution in [3.05, 3.63) is 0 Å². The fourth-order valence-electron chi connectivity index (χ4n) is 3.18. The van der Waals surface area contributed by atoms with E-state index in [-0.39, 0.29) is 0 Å². The minimum Gasteiger partial charge on any atom is -0.379 e. The van der Waals surface area contributed by atoms with Crippen LogP contribution in [0, 0.1) is 5.92 Å². The molecule has 17 heavy (non-hydrogen) atoms. The molecule has 2 saturated heterocycles. The molecular formula is C13H25N3O. The summed E-state index contributed by atoms with van der Waals surface area (Å²) in [5.41, 5.74) is 0. The van der Waals surface area contributed by atoms with Gasteiger partial charge in [0.1, 0.15) is 0 Å². The molecule has 0 bridgehead atoms. The maximum atomic E-state index is 5.57. The van der Waals surface area contributed by atoms with Gasteiger partial charge in [-0.2, -0.15) is 0 Å². The molecule has 1 aliphatic carbocycles. The van der Waals surface area contributed by atoms with Crippen LogP contribution in [0.25, 0.3) is 0 Å². The Morgan fingerprint density at radius 2 is 1.88 bits per heavy atom. The zero-order valence-corrected chi connectivity index (χ0v) is 10.9. The van der Waals surface area contributed by atoms with Gasteiger partial charge in [-0.3, -0.25) is 4.90 Å². The second-order valence-electron chi connectivity index (χ2n) is 5.76. The number of hydrogen-bond donors (Lipinski definition) is 1. The van der Waals surface area contributed by atoms with Crippen molar-refractivity contribution in [3.8, 4) is 0 Å². The van der Waals surface area contributed by atoms with Crippen LogP contribution in [0.1, 0.15) is 12.8 Å². The first kappa shape index (κ1) is 11.9. The molecule has 0 aromatic rings. The fraction of sp³-hybridized carbons (Fsp3) is 1.00. The van der Waals surface area contributed by atoms with E-state index in [1.807, 2.05) is 0 Å². The van der Waals surface area contributed by atoms with Crippen LogP contribution in [0.2, 0.25) is 0 Å². The van der Waals surface area contributed by atoms with E-state index in [2.05, 4.69) is 22.2 Å². The maximum Gasteiger partial charge on any atom is 0.0623 e. The van der Waals surface area contributed by atoms with Crippen LogP contribution in [0.15, 0.2) is 0 Å². The lowest BCUT2D eigenvalue weighted by atomic mass is 10.0. The Balaban J connectivity index is 1.43. The smallest absolute Gasteiger partial charge is 0.0623 e. The van der Waals surface area contributed by atoms with Crippen LogP contribution in [0.5, 0.6) is 0 Å². The van der Waals surface area contributed by atoms with Crippen LogP contribution in [-0.4, -0.2) is 74.9 Å². The van der Waals surface area contributed by atoms with Crippen molar-refractivity contribution < 1.29 is 4.74 Å². The summed E-state index contributed by atoms with van der Waals surface area (Å²) in [4.78, 5) is 5.31. The Bertz CT molecular complexity index is 249. The Hall–Kier alpha value is -0.160. The van der Waals surface area contributed by atoms with Crippen LogP contribution in [0.3, 0.4) is 0 Å². The zero-order valence-electron chi connectivity index (χ0n) is 10.9. The van der Waals surface area contributed by atoms with Gasteiger partial charge in [0.05, 0.1) is 13.2 Å². The van der Waals surface area contributed by atoms with Gasteiger partial charge in [-0.25, -0.2) is 0 Å². The first-order valence-electron chi connectivity index (χ1n) is 7.08. The average molecular weight is 239 g/mol. The van der Waals surface area contributed by atoms with E-state index >= 15 is 0 Å². The van der Waals surface area contributed by atoms with Gasteiger partial charge in [0.25, 0.3) is 0 Å². The normalized spacial score (nSPS) is 36.5. The molecule has 2 aliphatic heterocycles. The third-order valence-electron chi connectivity index (χ3n) is 4.53. The molecule has 2 unspecified atom stereocenters. The molecule has 1 saturated carbocycles. The topological polar surface area (TPSA) is 27.7 Å². The largest absolute Gasteiger partial charge is 0.379 e. The molecular weight excluding hydrogens is 214 g/mol. The zero-order chi connectivity index (χ0) is 11.7.